The van der Waals surface area contributed by atoms with Crippen LogP contribution in [0.1, 0.15) is 17.5 Å². The third-order valence-electron chi connectivity index (χ3n) is 2.94. The average molecular weight is 221 g/mol. The standard InChI is InChI=1S/C13H19NO2/c1-9-5-10(2)13(12(14)6-9)16-8-11-3-4-15-7-11/h5-6,11H,3-4,7-8,14H2,1-2H3. The number of anilines is 1. The Morgan fingerprint density at radius 3 is 2.88 bits per heavy atom. The van der Waals surface area contributed by atoms with Crippen molar-refractivity contribution in [1.29, 1.82) is 0 Å². The molecule has 0 aromatic heterocycles. The summed E-state index contributed by atoms with van der Waals surface area (Å²) in [5.41, 5.74) is 8.96. The van der Waals surface area contributed by atoms with Gasteiger partial charge in [-0.05, 0) is 37.5 Å². The molecule has 0 saturated carbocycles. The Hall–Kier alpha value is -1.22. The van der Waals surface area contributed by atoms with Crippen LogP contribution in [0.2, 0.25) is 0 Å². The molecule has 0 radical (unpaired) electrons. The van der Waals surface area contributed by atoms with Crippen molar-refractivity contribution in [3.8, 4) is 5.75 Å². The third-order valence-corrected chi connectivity index (χ3v) is 2.94. The number of hydrogen-bond acceptors (Lipinski definition) is 3. The summed E-state index contributed by atoms with van der Waals surface area (Å²) >= 11 is 0. The summed E-state index contributed by atoms with van der Waals surface area (Å²) in [6, 6.07) is 4.05. The lowest BCUT2D eigenvalue weighted by molar-refractivity contribution is 0.167. The molecule has 1 aromatic carbocycles. The lowest BCUT2D eigenvalue weighted by Crippen LogP contribution is -2.13. The fraction of sp³-hybridized carbons (Fsp3) is 0.538. The summed E-state index contributed by atoms with van der Waals surface area (Å²) in [7, 11) is 0. The van der Waals surface area contributed by atoms with Gasteiger partial charge in [0, 0.05) is 12.5 Å². The molecule has 1 aliphatic rings. The highest BCUT2D eigenvalue weighted by molar-refractivity contribution is 5.58. The van der Waals surface area contributed by atoms with Gasteiger partial charge in [0.05, 0.1) is 18.9 Å². The number of benzene rings is 1. The van der Waals surface area contributed by atoms with E-state index < -0.39 is 0 Å². The summed E-state index contributed by atoms with van der Waals surface area (Å²) in [6.45, 7) is 6.44. The van der Waals surface area contributed by atoms with Crippen LogP contribution in [0, 0.1) is 19.8 Å². The summed E-state index contributed by atoms with van der Waals surface area (Å²) in [6.07, 6.45) is 1.09. The zero-order valence-corrected chi connectivity index (χ0v) is 9.95. The second-order valence-electron chi connectivity index (χ2n) is 4.54. The maximum absolute atomic E-state index is 5.95. The molecule has 1 unspecified atom stereocenters. The highest BCUT2D eigenvalue weighted by Crippen LogP contribution is 2.28. The molecule has 1 heterocycles. The molecule has 3 nitrogen and oxygen atoms in total. The molecular formula is C13H19NO2. The van der Waals surface area contributed by atoms with Crippen molar-refractivity contribution in [3.63, 3.8) is 0 Å². The van der Waals surface area contributed by atoms with E-state index in [4.69, 9.17) is 15.2 Å². The monoisotopic (exact) mass is 221 g/mol. The van der Waals surface area contributed by atoms with E-state index >= 15 is 0 Å². The molecule has 1 fully saturated rings. The van der Waals surface area contributed by atoms with Crippen LogP contribution >= 0.6 is 0 Å². The number of ether oxygens (including phenoxy) is 2. The van der Waals surface area contributed by atoms with Crippen molar-refractivity contribution >= 4 is 5.69 Å². The fourth-order valence-electron chi connectivity index (χ4n) is 2.10. The number of aryl methyl sites for hydroxylation is 2. The molecule has 3 heteroatoms. The Balaban J connectivity index is 2.03. The zero-order valence-electron chi connectivity index (χ0n) is 9.95. The normalized spacial score (nSPS) is 20.0. The van der Waals surface area contributed by atoms with Gasteiger partial charge in [0.15, 0.2) is 0 Å². The molecule has 1 atom stereocenters. The smallest absolute Gasteiger partial charge is 0.145 e. The maximum atomic E-state index is 5.95. The summed E-state index contributed by atoms with van der Waals surface area (Å²) < 4.78 is 11.1. The van der Waals surface area contributed by atoms with Gasteiger partial charge in [-0.1, -0.05) is 6.07 Å². The highest BCUT2D eigenvalue weighted by atomic mass is 16.5. The van der Waals surface area contributed by atoms with E-state index in [9.17, 15) is 0 Å². The second-order valence-corrected chi connectivity index (χ2v) is 4.54. The predicted octanol–water partition coefficient (Wildman–Crippen LogP) is 2.30. The van der Waals surface area contributed by atoms with Crippen molar-refractivity contribution < 1.29 is 9.47 Å². The SMILES string of the molecule is Cc1cc(C)c(OCC2CCOC2)c(N)c1. The van der Waals surface area contributed by atoms with Crippen LogP contribution in [0.25, 0.3) is 0 Å². The van der Waals surface area contributed by atoms with Crippen LogP contribution in [0.4, 0.5) is 5.69 Å². The van der Waals surface area contributed by atoms with Gasteiger partial charge in [0.25, 0.3) is 0 Å². The Morgan fingerprint density at radius 2 is 2.25 bits per heavy atom. The first-order valence-electron chi connectivity index (χ1n) is 5.74. The number of rotatable bonds is 3. The first kappa shape index (κ1) is 11.3. The Bertz CT molecular complexity index is 347. The molecular weight excluding hydrogens is 202 g/mol. The molecule has 1 aromatic rings. The average Bonchev–Trinajstić information content (AvgIpc) is 2.68. The molecule has 16 heavy (non-hydrogen) atoms. The summed E-state index contributed by atoms with van der Waals surface area (Å²) in [5, 5.41) is 0. The quantitative estimate of drug-likeness (QED) is 0.796. The van der Waals surface area contributed by atoms with E-state index in [2.05, 4.69) is 6.07 Å². The van der Waals surface area contributed by atoms with Gasteiger partial charge in [-0.15, -0.1) is 0 Å². The van der Waals surface area contributed by atoms with E-state index in [0.717, 1.165) is 36.6 Å². The predicted molar refractivity (Wildman–Crippen MR) is 64.7 cm³/mol. The molecule has 0 spiro atoms. The van der Waals surface area contributed by atoms with E-state index in [1.54, 1.807) is 0 Å². The van der Waals surface area contributed by atoms with Gasteiger partial charge in [-0.3, -0.25) is 0 Å². The molecule has 1 aliphatic heterocycles. The first-order chi connectivity index (χ1) is 7.66. The Kier molecular flexibility index (Phi) is 3.34. The maximum Gasteiger partial charge on any atom is 0.145 e. The number of nitrogen functional groups attached to an aromatic ring is 1. The number of hydrogen-bond donors (Lipinski definition) is 1. The van der Waals surface area contributed by atoms with Crippen molar-refractivity contribution in [1.82, 2.24) is 0 Å². The molecule has 2 N–H and O–H groups in total. The van der Waals surface area contributed by atoms with Crippen LogP contribution in [-0.2, 0) is 4.74 Å². The molecule has 0 aliphatic carbocycles. The number of nitrogens with two attached hydrogens (primary N) is 1. The zero-order chi connectivity index (χ0) is 11.5. The van der Waals surface area contributed by atoms with Crippen LogP contribution in [0.5, 0.6) is 5.75 Å². The van der Waals surface area contributed by atoms with Crippen LogP contribution < -0.4 is 10.5 Å². The van der Waals surface area contributed by atoms with E-state index in [1.165, 1.54) is 5.56 Å². The summed E-state index contributed by atoms with van der Waals surface area (Å²) in [4.78, 5) is 0. The van der Waals surface area contributed by atoms with Gasteiger partial charge in [-0.2, -0.15) is 0 Å². The van der Waals surface area contributed by atoms with Crippen molar-refractivity contribution in [2.75, 3.05) is 25.6 Å². The third kappa shape index (κ3) is 2.47. The van der Waals surface area contributed by atoms with Gasteiger partial charge in [-0.25, -0.2) is 0 Å². The molecule has 0 bridgehead atoms. The minimum Gasteiger partial charge on any atom is -0.491 e. The molecule has 2 rings (SSSR count). The molecule has 1 saturated heterocycles. The van der Waals surface area contributed by atoms with E-state index in [-0.39, 0.29) is 0 Å². The van der Waals surface area contributed by atoms with E-state index in [0.29, 0.717) is 12.5 Å². The molecule has 0 amide bonds. The first-order valence-corrected chi connectivity index (χ1v) is 5.74. The molecule has 88 valence electrons. The Labute approximate surface area is 96.5 Å². The van der Waals surface area contributed by atoms with Gasteiger partial charge < -0.3 is 15.2 Å². The topological polar surface area (TPSA) is 44.5 Å². The van der Waals surface area contributed by atoms with Crippen LogP contribution in [0.3, 0.4) is 0 Å². The van der Waals surface area contributed by atoms with Gasteiger partial charge >= 0.3 is 0 Å². The van der Waals surface area contributed by atoms with Crippen LogP contribution in [-0.4, -0.2) is 19.8 Å². The summed E-state index contributed by atoms with van der Waals surface area (Å²) in [5.74, 6) is 1.35. The Morgan fingerprint density at radius 1 is 1.44 bits per heavy atom. The lowest BCUT2D eigenvalue weighted by Gasteiger charge is -2.15. The van der Waals surface area contributed by atoms with Gasteiger partial charge in [0.2, 0.25) is 0 Å². The largest absolute Gasteiger partial charge is 0.491 e. The van der Waals surface area contributed by atoms with Crippen molar-refractivity contribution in [2.45, 2.75) is 20.3 Å². The second kappa shape index (κ2) is 4.74. The highest BCUT2D eigenvalue weighted by Gasteiger charge is 2.17. The van der Waals surface area contributed by atoms with E-state index in [1.807, 2.05) is 19.9 Å². The lowest BCUT2D eigenvalue weighted by atomic mass is 10.1. The van der Waals surface area contributed by atoms with Gasteiger partial charge in [0.1, 0.15) is 5.75 Å². The minimum absolute atomic E-state index is 0.514. The minimum atomic E-state index is 0.514. The fourth-order valence-corrected chi connectivity index (χ4v) is 2.10. The van der Waals surface area contributed by atoms with Crippen molar-refractivity contribution in [2.24, 2.45) is 5.92 Å². The van der Waals surface area contributed by atoms with Crippen LogP contribution in [0.15, 0.2) is 12.1 Å². The van der Waals surface area contributed by atoms with Crippen molar-refractivity contribution in [3.05, 3.63) is 23.3 Å².